The molecule has 0 N–H and O–H groups in total. The van der Waals surface area contributed by atoms with Crippen molar-refractivity contribution in [1.29, 1.82) is 0 Å². The van der Waals surface area contributed by atoms with E-state index in [-0.39, 0.29) is 16.7 Å². The topological polar surface area (TPSA) is 61.7 Å². The van der Waals surface area contributed by atoms with Gasteiger partial charge >= 0.3 is 0 Å². The number of benzene rings is 7. The molecule has 0 spiro atoms. The first-order valence-electron chi connectivity index (χ1n) is 24.4. The molecule has 0 aliphatic heterocycles. The number of hydrogen-bond acceptors (Lipinski definition) is 4. The fourth-order valence-corrected chi connectivity index (χ4v) is 10.6. The summed E-state index contributed by atoms with van der Waals surface area (Å²) in [5.74, 6) is 3.04. The molecule has 0 fully saturated rings. The highest BCUT2D eigenvalue weighted by Crippen LogP contribution is 2.44. The van der Waals surface area contributed by atoms with Crippen LogP contribution < -0.4 is 0 Å². The molecule has 11 aromatic rings. The van der Waals surface area contributed by atoms with Gasteiger partial charge in [0.2, 0.25) is 5.95 Å². The summed E-state index contributed by atoms with van der Waals surface area (Å²) in [7, 11) is 0. The van der Waals surface area contributed by atoms with E-state index in [0.29, 0.717) is 17.6 Å². The Hall–Kier alpha value is -7.83. The van der Waals surface area contributed by atoms with Crippen LogP contribution in [0.2, 0.25) is 0 Å². The van der Waals surface area contributed by atoms with E-state index < -0.39 is 0 Å². The number of para-hydroxylation sites is 2. The maximum Gasteiger partial charge on any atom is 0.238 e. The lowest BCUT2D eigenvalue weighted by Crippen LogP contribution is -2.11. The first-order valence-corrected chi connectivity index (χ1v) is 24.4. The van der Waals surface area contributed by atoms with E-state index >= 15 is 0 Å². The average molecular weight is 898 g/mol. The van der Waals surface area contributed by atoms with Crippen LogP contribution in [0.4, 0.5) is 0 Å². The van der Waals surface area contributed by atoms with Crippen molar-refractivity contribution in [3.63, 3.8) is 0 Å². The zero-order chi connectivity index (χ0) is 47.2. The smallest absolute Gasteiger partial charge is 0.238 e. The number of allylic oxidation sites excluding steroid dienone is 4. The summed E-state index contributed by atoms with van der Waals surface area (Å²) in [4.78, 5) is 16.1. The predicted molar refractivity (Wildman–Crippen MR) is 287 cm³/mol. The minimum Gasteiger partial charge on any atom is -0.460 e. The lowest BCUT2D eigenvalue weighted by molar-refractivity contribution is 0.519. The van der Waals surface area contributed by atoms with Crippen molar-refractivity contribution in [3.8, 4) is 34.4 Å². The number of aryl methyl sites for hydroxylation is 1. The molecule has 0 radical (unpaired) electrons. The van der Waals surface area contributed by atoms with Gasteiger partial charge in [0.05, 0.1) is 22.1 Å². The maximum atomic E-state index is 6.83. The Balaban J connectivity index is 1.09. The van der Waals surface area contributed by atoms with Crippen LogP contribution in [-0.4, -0.2) is 24.1 Å². The van der Waals surface area contributed by atoms with Crippen LogP contribution in [0.1, 0.15) is 88.8 Å². The van der Waals surface area contributed by atoms with Gasteiger partial charge in [-0.15, -0.1) is 0 Å². The third-order valence-corrected chi connectivity index (χ3v) is 14.3. The van der Waals surface area contributed by atoms with E-state index in [1.54, 1.807) is 0 Å². The molecule has 0 saturated heterocycles. The number of furan rings is 1. The zero-order valence-electron chi connectivity index (χ0n) is 40.4. The molecule has 1 unspecified atom stereocenters. The summed E-state index contributed by atoms with van der Waals surface area (Å²) in [5, 5.41) is 5.74. The lowest BCUT2D eigenvalue weighted by atomic mass is 9.86. The van der Waals surface area contributed by atoms with Crippen LogP contribution in [-0.2, 0) is 17.3 Å². The van der Waals surface area contributed by atoms with Gasteiger partial charge in [0.15, 0.2) is 11.6 Å². The SMILES string of the molecule is CCc1c(C2C=CC(c3ccccc3)=CC2)oc2ccc(-n3c4ccccc4c4ccc5c6ccccc6n(-c6nc(-c7ccc(C(C)(C)C)cc7)nc(-c7ccc(C(C)(C)C)cc7)n6)c5c43)cc12. The van der Waals surface area contributed by atoms with E-state index in [0.717, 1.165) is 84.6 Å². The van der Waals surface area contributed by atoms with Gasteiger partial charge < -0.3 is 8.98 Å². The van der Waals surface area contributed by atoms with E-state index in [1.165, 1.54) is 33.2 Å². The monoisotopic (exact) mass is 897 g/mol. The van der Waals surface area contributed by atoms with E-state index in [2.05, 4.69) is 234 Å². The molecule has 0 saturated carbocycles. The number of rotatable bonds is 7. The summed E-state index contributed by atoms with van der Waals surface area (Å²) >= 11 is 0. The molecule has 4 aromatic heterocycles. The van der Waals surface area contributed by atoms with Gasteiger partial charge in [-0.1, -0.05) is 194 Å². The molecule has 4 heterocycles. The van der Waals surface area contributed by atoms with Crippen molar-refractivity contribution in [2.75, 3.05) is 0 Å². The quantitative estimate of drug-likeness (QED) is 0.160. The Kier molecular flexibility index (Phi) is 9.96. The Labute approximate surface area is 403 Å². The van der Waals surface area contributed by atoms with Crippen LogP contribution in [0.15, 0.2) is 180 Å². The van der Waals surface area contributed by atoms with Gasteiger partial charge in [-0.2, -0.15) is 9.97 Å². The number of nitrogens with zero attached hydrogens (tertiary/aromatic N) is 5. The van der Waals surface area contributed by atoms with Crippen molar-refractivity contribution in [2.24, 2.45) is 0 Å². The first-order chi connectivity index (χ1) is 33.4. The summed E-state index contributed by atoms with van der Waals surface area (Å²) < 4.78 is 11.6. The molecule has 12 rings (SSSR count). The molecule has 0 bridgehead atoms. The van der Waals surface area contributed by atoms with E-state index in [4.69, 9.17) is 19.4 Å². The Morgan fingerprint density at radius 3 is 1.64 bits per heavy atom. The molecular weight excluding hydrogens is 843 g/mol. The molecule has 6 heteroatoms. The van der Waals surface area contributed by atoms with Gasteiger partial charge in [0.25, 0.3) is 0 Å². The summed E-state index contributed by atoms with van der Waals surface area (Å²) in [6.45, 7) is 15.7. The lowest BCUT2D eigenvalue weighted by Gasteiger charge is -2.19. The minimum absolute atomic E-state index is 0.00954. The molecule has 1 atom stereocenters. The van der Waals surface area contributed by atoms with Crippen LogP contribution in [0.5, 0.6) is 0 Å². The van der Waals surface area contributed by atoms with Crippen LogP contribution in [0.25, 0.3) is 94.6 Å². The molecule has 338 valence electrons. The molecule has 7 aromatic carbocycles. The Morgan fingerprint density at radius 2 is 1.09 bits per heavy atom. The first kappa shape index (κ1) is 42.5. The van der Waals surface area contributed by atoms with Crippen LogP contribution >= 0.6 is 0 Å². The summed E-state index contributed by atoms with van der Waals surface area (Å²) in [6.07, 6.45) is 8.68. The van der Waals surface area contributed by atoms with Crippen molar-refractivity contribution in [3.05, 3.63) is 204 Å². The van der Waals surface area contributed by atoms with Gasteiger partial charge in [0.1, 0.15) is 11.3 Å². The summed E-state index contributed by atoms with van der Waals surface area (Å²) in [6, 6.07) is 56.8. The average Bonchev–Trinajstić information content (AvgIpc) is 4.03. The number of aromatic nitrogens is 5. The van der Waals surface area contributed by atoms with Gasteiger partial charge in [-0.25, -0.2) is 4.98 Å². The molecule has 1 aliphatic carbocycles. The van der Waals surface area contributed by atoms with Crippen LogP contribution in [0, 0.1) is 0 Å². The van der Waals surface area contributed by atoms with Gasteiger partial charge in [-0.3, -0.25) is 4.57 Å². The third-order valence-electron chi connectivity index (χ3n) is 14.3. The fraction of sp³-hybridized carbons (Fsp3) is 0.190. The maximum absolute atomic E-state index is 6.83. The standard InChI is InChI=1S/C63H55N5O/c1-8-47-52-38-46(34-37-55(52)69-58(47)41-24-22-40(23-25-41)39-16-10-9-11-17-39)67-53-20-14-12-18-48(53)50-35-36-51-49-19-13-15-21-54(49)68(57(51)56(50)67)61-65-59(42-26-30-44(31-27-42)62(2,3)4)64-60(66-61)43-28-32-45(33-29-43)63(5,6)7/h9-24,26-38,41H,8,25H2,1-7H3. The third kappa shape index (κ3) is 7.20. The zero-order valence-corrected chi connectivity index (χ0v) is 40.4. The Morgan fingerprint density at radius 1 is 0.536 bits per heavy atom. The molecular formula is C63H55N5O. The second-order valence-corrected chi connectivity index (χ2v) is 20.7. The molecule has 69 heavy (non-hydrogen) atoms. The Bertz CT molecular complexity index is 3770. The second-order valence-electron chi connectivity index (χ2n) is 20.7. The fourth-order valence-electron chi connectivity index (χ4n) is 10.6. The van der Waals surface area contributed by atoms with Gasteiger partial charge in [0, 0.05) is 55.2 Å². The minimum atomic E-state index is 0.00954. The second kappa shape index (κ2) is 16.2. The predicted octanol–water partition coefficient (Wildman–Crippen LogP) is 16.4. The molecule has 6 nitrogen and oxygen atoms in total. The van der Waals surface area contributed by atoms with Crippen molar-refractivity contribution >= 4 is 60.2 Å². The normalized spacial score (nSPS) is 14.5. The van der Waals surface area contributed by atoms with Crippen molar-refractivity contribution < 1.29 is 4.42 Å². The highest BCUT2D eigenvalue weighted by Gasteiger charge is 2.26. The largest absolute Gasteiger partial charge is 0.460 e. The van der Waals surface area contributed by atoms with Crippen LogP contribution in [0.3, 0.4) is 0 Å². The highest BCUT2D eigenvalue weighted by molar-refractivity contribution is 6.23. The van der Waals surface area contributed by atoms with E-state index in [9.17, 15) is 0 Å². The summed E-state index contributed by atoms with van der Waals surface area (Å²) in [5.41, 5.74) is 14.4. The van der Waals surface area contributed by atoms with Crippen molar-refractivity contribution in [2.45, 2.75) is 78.1 Å². The number of hydrogen-bond donors (Lipinski definition) is 0. The molecule has 0 amide bonds. The van der Waals surface area contributed by atoms with Gasteiger partial charge in [-0.05, 0) is 76.3 Å². The molecule has 1 aliphatic rings. The van der Waals surface area contributed by atoms with Crippen molar-refractivity contribution in [1.82, 2.24) is 24.1 Å². The van der Waals surface area contributed by atoms with E-state index in [1.807, 2.05) is 0 Å². The number of fused-ring (bicyclic) bond motifs is 8. The highest BCUT2D eigenvalue weighted by atomic mass is 16.3.